The molecule has 2 rings (SSSR count). The number of amides is 1. The second-order valence-electron chi connectivity index (χ2n) is 6.84. The molecule has 0 saturated heterocycles. The van der Waals surface area contributed by atoms with Crippen LogP contribution in [0.25, 0.3) is 0 Å². The highest BCUT2D eigenvalue weighted by Gasteiger charge is 2.19. The highest BCUT2D eigenvalue weighted by atomic mass is 16.1. The maximum atomic E-state index is 12.4. The molecule has 0 unspecified atom stereocenters. The Balaban J connectivity index is 2.17. The van der Waals surface area contributed by atoms with E-state index in [1.54, 1.807) is 0 Å². The lowest BCUT2D eigenvalue weighted by Gasteiger charge is -2.23. The number of aromatic nitrogens is 2. The highest BCUT2D eigenvalue weighted by Crippen LogP contribution is 2.29. The van der Waals surface area contributed by atoms with Crippen LogP contribution in [-0.2, 0) is 5.41 Å². The van der Waals surface area contributed by atoms with E-state index < -0.39 is 0 Å². The topological polar surface area (TPSA) is 66.9 Å². The molecule has 0 aliphatic rings. The molecule has 0 atom stereocenters. The number of hydrogen-bond donors (Lipinski definition) is 2. The van der Waals surface area contributed by atoms with Crippen LogP contribution in [-0.4, -0.2) is 21.9 Å². The van der Waals surface area contributed by atoms with Gasteiger partial charge in [0.05, 0.1) is 5.56 Å². The van der Waals surface area contributed by atoms with Crippen LogP contribution < -0.4 is 10.6 Å². The zero-order chi connectivity index (χ0) is 17.0. The van der Waals surface area contributed by atoms with Crippen molar-refractivity contribution >= 4 is 17.5 Å². The van der Waals surface area contributed by atoms with Crippen molar-refractivity contribution in [1.29, 1.82) is 0 Å². The molecule has 122 valence electrons. The third-order valence-corrected chi connectivity index (χ3v) is 3.32. The summed E-state index contributed by atoms with van der Waals surface area (Å²) >= 11 is 0. The Bertz CT molecular complexity index is 672. The van der Waals surface area contributed by atoms with Crippen LogP contribution in [0.5, 0.6) is 0 Å². The quantitative estimate of drug-likeness (QED) is 0.900. The summed E-state index contributed by atoms with van der Waals surface area (Å²) in [6.45, 7) is 10.4. The molecule has 1 aromatic carbocycles. The lowest BCUT2D eigenvalue weighted by Crippen LogP contribution is -2.19. The number of nitrogens with one attached hydrogen (secondary N) is 2. The summed E-state index contributed by atoms with van der Waals surface area (Å²) in [7, 11) is 0. The van der Waals surface area contributed by atoms with E-state index in [9.17, 15) is 4.79 Å². The second-order valence-corrected chi connectivity index (χ2v) is 6.84. The minimum absolute atomic E-state index is 0.0502. The number of anilines is 2. The first kappa shape index (κ1) is 16.9. The first-order valence-corrected chi connectivity index (χ1v) is 7.77. The molecule has 0 aliphatic carbocycles. The monoisotopic (exact) mass is 312 g/mol. The van der Waals surface area contributed by atoms with Crippen molar-refractivity contribution in [2.24, 2.45) is 0 Å². The van der Waals surface area contributed by atoms with Crippen LogP contribution in [0, 0.1) is 0 Å². The number of benzene rings is 1. The number of hydrogen-bond acceptors (Lipinski definition) is 4. The second kappa shape index (κ2) is 6.77. The SMILES string of the molecule is CC(C)Nc1ncc(C(=O)Nc2ccccc2C(C)(C)C)cn1. The average Bonchev–Trinajstić information content (AvgIpc) is 2.46. The van der Waals surface area contributed by atoms with Crippen LogP contribution >= 0.6 is 0 Å². The molecule has 2 aromatic rings. The van der Waals surface area contributed by atoms with Gasteiger partial charge in [-0.05, 0) is 30.9 Å². The molecule has 2 N–H and O–H groups in total. The van der Waals surface area contributed by atoms with Crippen molar-refractivity contribution in [3.8, 4) is 0 Å². The van der Waals surface area contributed by atoms with E-state index >= 15 is 0 Å². The molecule has 1 aromatic heterocycles. The van der Waals surface area contributed by atoms with Gasteiger partial charge in [0.25, 0.3) is 5.91 Å². The lowest BCUT2D eigenvalue weighted by molar-refractivity contribution is 0.102. The predicted octanol–water partition coefficient (Wildman–Crippen LogP) is 3.85. The number of carbonyl (C=O) groups excluding carboxylic acids is 1. The van der Waals surface area contributed by atoms with E-state index in [0.717, 1.165) is 11.3 Å². The molecule has 1 amide bonds. The molecule has 5 heteroatoms. The summed E-state index contributed by atoms with van der Waals surface area (Å²) in [5, 5.41) is 6.05. The van der Waals surface area contributed by atoms with Crippen molar-refractivity contribution in [1.82, 2.24) is 9.97 Å². The molecule has 0 aliphatic heterocycles. The average molecular weight is 312 g/mol. The number of carbonyl (C=O) groups is 1. The van der Waals surface area contributed by atoms with Crippen molar-refractivity contribution in [2.75, 3.05) is 10.6 Å². The van der Waals surface area contributed by atoms with Crippen LogP contribution in [0.1, 0.15) is 50.5 Å². The van der Waals surface area contributed by atoms with Gasteiger partial charge in [-0.3, -0.25) is 4.79 Å². The van der Waals surface area contributed by atoms with E-state index in [2.05, 4.69) is 41.4 Å². The molecule has 0 bridgehead atoms. The highest BCUT2D eigenvalue weighted by molar-refractivity contribution is 6.04. The summed E-state index contributed by atoms with van der Waals surface area (Å²) in [4.78, 5) is 20.8. The largest absolute Gasteiger partial charge is 0.352 e. The summed E-state index contributed by atoms with van der Waals surface area (Å²) in [5.74, 6) is 0.310. The van der Waals surface area contributed by atoms with Crippen LogP contribution in [0.3, 0.4) is 0 Å². The zero-order valence-corrected chi connectivity index (χ0v) is 14.3. The van der Waals surface area contributed by atoms with E-state index in [4.69, 9.17) is 0 Å². The summed E-state index contributed by atoms with van der Waals surface area (Å²) in [5.41, 5.74) is 2.29. The molecular formula is C18H24N4O. The van der Waals surface area contributed by atoms with Crippen LogP contribution in [0.4, 0.5) is 11.6 Å². The fourth-order valence-corrected chi connectivity index (χ4v) is 2.22. The Labute approximate surface area is 137 Å². The molecule has 5 nitrogen and oxygen atoms in total. The van der Waals surface area contributed by atoms with E-state index in [-0.39, 0.29) is 17.4 Å². The van der Waals surface area contributed by atoms with E-state index in [1.165, 1.54) is 12.4 Å². The van der Waals surface area contributed by atoms with Gasteiger partial charge in [-0.1, -0.05) is 39.0 Å². The summed E-state index contributed by atoms with van der Waals surface area (Å²) < 4.78 is 0. The zero-order valence-electron chi connectivity index (χ0n) is 14.3. The predicted molar refractivity (Wildman–Crippen MR) is 93.9 cm³/mol. The maximum absolute atomic E-state index is 12.4. The standard InChI is InChI=1S/C18H24N4O/c1-12(2)21-17-19-10-13(11-20-17)16(23)22-15-9-7-6-8-14(15)18(3,4)5/h6-12H,1-5H3,(H,22,23)(H,19,20,21). The van der Waals surface area contributed by atoms with Gasteiger partial charge in [-0.15, -0.1) is 0 Å². The summed E-state index contributed by atoms with van der Waals surface area (Å²) in [6.07, 6.45) is 3.07. The minimum Gasteiger partial charge on any atom is -0.352 e. The number of para-hydroxylation sites is 1. The Kier molecular flexibility index (Phi) is 4.98. The smallest absolute Gasteiger partial charge is 0.258 e. The Morgan fingerprint density at radius 3 is 2.26 bits per heavy atom. The molecule has 1 heterocycles. The van der Waals surface area contributed by atoms with E-state index in [0.29, 0.717) is 11.5 Å². The van der Waals surface area contributed by atoms with Crippen LogP contribution in [0.2, 0.25) is 0 Å². The molecule has 0 spiro atoms. The molecule has 0 fully saturated rings. The maximum Gasteiger partial charge on any atom is 0.258 e. The van der Waals surface area contributed by atoms with Gasteiger partial charge in [-0.25, -0.2) is 9.97 Å². The molecule has 23 heavy (non-hydrogen) atoms. The fraction of sp³-hybridized carbons (Fsp3) is 0.389. The van der Waals surface area contributed by atoms with Gasteiger partial charge in [0.15, 0.2) is 0 Å². The Morgan fingerprint density at radius 1 is 1.09 bits per heavy atom. The Morgan fingerprint density at radius 2 is 1.70 bits per heavy atom. The van der Waals surface area contributed by atoms with Gasteiger partial charge in [0.1, 0.15) is 0 Å². The Hall–Kier alpha value is -2.43. The molecule has 0 radical (unpaired) electrons. The van der Waals surface area contributed by atoms with Gasteiger partial charge in [0.2, 0.25) is 5.95 Å². The van der Waals surface area contributed by atoms with Gasteiger partial charge >= 0.3 is 0 Å². The van der Waals surface area contributed by atoms with Gasteiger partial charge < -0.3 is 10.6 Å². The van der Waals surface area contributed by atoms with Gasteiger partial charge in [-0.2, -0.15) is 0 Å². The van der Waals surface area contributed by atoms with Crippen molar-refractivity contribution in [3.63, 3.8) is 0 Å². The first-order chi connectivity index (χ1) is 10.8. The third kappa shape index (κ3) is 4.52. The van der Waals surface area contributed by atoms with Crippen molar-refractivity contribution in [2.45, 2.75) is 46.1 Å². The summed E-state index contributed by atoms with van der Waals surface area (Å²) in [6, 6.07) is 8.08. The normalized spacial score (nSPS) is 11.4. The lowest BCUT2D eigenvalue weighted by atomic mass is 9.86. The number of rotatable bonds is 4. The van der Waals surface area contributed by atoms with Crippen molar-refractivity contribution < 1.29 is 4.79 Å². The van der Waals surface area contributed by atoms with E-state index in [1.807, 2.05) is 38.1 Å². The van der Waals surface area contributed by atoms with Gasteiger partial charge in [0, 0.05) is 24.1 Å². The molecule has 0 saturated carbocycles. The first-order valence-electron chi connectivity index (χ1n) is 7.77. The van der Waals surface area contributed by atoms with Crippen LogP contribution in [0.15, 0.2) is 36.7 Å². The van der Waals surface area contributed by atoms with Crippen molar-refractivity contribution in [3.05, 3.63) is 47.8 Å². The third-order valence-electron chi connectivity index (χ3n) is 3.32. The minimum atomic E-state index is -0.210. The fourth-order valence-electron chi connectivity index (χ4n) is 2.22. The molecular weight excluding hydrogens is 288 g/mol. The number of nitrogens with zero attached hydrogens (tertiary/aromatic N) is 2.